The molecule has 0 bridgehead atoms. The predicted molar refractivity (Wildman–Crippen MR) is 394 cm³/mol. The first-order valence-corrected chi connectivity index (χ1v) is 40.7. The first-order chi connectivity index (χ1) is 45.2. The van der Waals surface area contributed by atoms with Crippen molar-refractivity contribution in [3.05, 3.63) is 0 Å². The van der Waals surface area contributed by atoms with Gasteiger partial charge in [-0.3, -0.25) is 0 Å². The molecule has 0 saturated carbocycles. The third kappa shape index (κ3) is 81.4. The van der Waals surface area contributed by atoms with Gasteiger partial charge >= 0.3 is 0 Å². The van der Waals surface area contributed by atoms with Gasteiger partial charge in [0.15, 0.2) is 0 Å². The van der Waals surface area contributed by atoms with Gasteiger partial charge in [0.25, 0.3) is 0 Å². The molecule has 0 saturated heterocycles. The molecule has 0 aromatic carbocycles. The van der Waals surface area contributed by atoms with Gasteiger partial charge in [-0.25, -0.2) is 0 Å². The molecule has 0 rings (SSSR count). The second-order valence-corrected chi connectivity index (χ2v) is 29.0. The van der Waals surface area contributed by atoms with Gasteiger partial charge in [0, 0.05) is 26.4 Å². The summed E-state index contributed by atoms with van der Waals surface area (Å²) >= 11 is 0. The lowest BCUT2D eigenvalue weighted by molar-refractivity contribution is -0.894. The number of rotatable bonds is 83. The maximum absolute atomic E-state index is 6.55. The van der Waals surface area contributed by atoms with Crippen LogP contribution in [0, 0.1) is 0 Å². The molecule has 0 aromatic heterocycles. The van der Waals surface area contributed by atoms with Crippen molar-refractivity contribution in [1.82, 2.24) is 0 Å². The minimum absolute atomic E-state index is 0. The summed E-state index contributed by atoms with van der Waals surface area (Å²) in [7, 11) is 9.17. The highest BCUT2D eigenvalue weighted by Crippen LogP contribution is 2.18. The molecular formula is C80H166Br2N2O10. The summed E-state index contributed by atoms with van der Waals surface area (Å²) in [5.74, 6) is 0. The molecule has 0 heterocycles. The second kappa shape index (κ2) is 82.4. The third-order valence-electron chi connectivity index (χ3n) is 18.5. The van der Waals surface area contributed by atoms with Crippen molar-refractivity contribution in [1.29, 1.82) is 0 Å². The molecule has 0 aliphatic rings. The molecule has 2 unspecified atom stereocenters. The molecule has 0 aliphatic carbocycles. The summed E-state index contributed by atoms with van der Waals surface area (Å²) in [6, 6.07) is 0. The number of nitrogens with zero attached hydrogens (tertiary/aromatic N) is 2. The van der Waals surface area contributed by atoms with Crippen molar-refractivity contribution in [3.8, 4) is 0 Å². The van der Waals surface area contributed by atoms with Crippen molar-refractivity contribution < 1.29 is 90.3 Å². The molecule has 2 atom stereocenters. The quantitative estimate of drug-likeness (QED) is 0.0433. The number of hydrogen-bond acceptors (Lipinski definition) is 10. The zero-order valence-electron chi connectivity index (χ0n) is 64.4. The SMILES string of the molecule is CCCCCCCCCCCCCCOCC(C[N+](C)(C)CCOCCOCCOCCOCCOCCOCC[N+](C)(C)CC(COCCCCCCCCCCCCCC)OCCCCCCCCCCCCCC)OCCCCCCCCCCCCCC.[Br-].[Br-]. The molecule has 0 fully saturated rings. The van der Waals surface area contributed by atoms with Crippen LogP contribution in [0.25, 0.3) is 0 Å². The van der Waals surface area contributed by atoms with E-state index < -0.39 is 0 Å². The molecule has 94 heavy (non-hydrogen) atoms. The Bertz CT molecular complexity index is 1260. The van der Waals surface area contributed by atoms with Crippen molar-refractivity contribution >= 4 is 0 Å². The van der Waals surface area contributed by atoms with Crippen molar-refractivity contribution in [2.45, 2.75) is 348 Å². The smallest absolute Gasteiger partial charge is 0.130 e. The highest BCUT2D eigenvalue weighted by Gasteiger charge is 2.25. The van der Waals surface area contributed by atoms with E-state index in [2.05, 4.69) is 55.9 Å². The minimum Gasteiger partial charge on any atom is -1.00 e. The standard InChI is InChI=1S/C80H166N2O10.2BrH/c1-9-13-17-21-25-29-33-37-41-45-49-53-59-89-77-79(91-61-55-51-47-43-39-35-31-27-23-19-15-11-3)75-81(5,6)57-63-83-65-67-85-69-71-87-73-74-88-72-70-86-68-66-84-64-58-82(7,8)76-80(92-62-56-52-48-44-40-36-32-28-24-20-16-12-4)78-90-60-54-50-46-42-38-34-30-26-22-18-14-10-2;;/h79-80H,9-78H2,1-8H3;2*1H/q+2;;/p-2. The van der Waals surface area contributed by atoms with Crippen LogP contribution in [-0.2, 0) is 47.4 Å². The molecular weight excluding hydrogens is 1310 g/mol. The van der Waals surface area contributed by atoms with E-state index in [0.29, 0.717) is 92.5 Å². The summed E-state index contributed by atoms with van der Waals surface area (Å²) in [4.78, 5) is 0. The Hall–Kier alpha value is 0.480. The normalized spacial score (nSPS) is 12.6. The van der Waals surface area contributed by atoms with Crippen LogP contribution in [-0.4, -0.2) is 194 Å². The fourth-order valence-corrected chi connectivity index (χ4v) is 12.3. The van der Waals surface area contributed by atoms with Gasteiger partial charge in [0.1, 0.15) is 38.4 Å². The zero-order valence-corrected chi connectivity index (χ0v) is 67.6. The van der Waals surface area contributed by atoms with Crippen molar-refractivity contribution in [3.63, 3.8) is 0 Å². The average molecular weight is 1480 g/mol. The average Bonchev–Trinajstić information content (AvgIpc) is 1.42. The highest BCUT2D eigenvalue weighted by molar-refractivity contribution is 4.61. The molecule has 0 N–H and O–H groups in total. The largest absolute Gasteiger partial charge is 1.00 e. The van der Waals surface area contributed by atoms with Gasteiger partial charge in [-0.05, 0) is 25.7 Å². The van der Waals surface area contributed by atoms with Gasteiger partial charge in [-0.15, -0.1) is 0 Å². The van der Waals surface area contributed by atoms with Crippen LogP contribution >= 0.6 is 0 Å². The van der Waals surface area contributed by atoms with Gasteiger partial charge in [-0.2, -0.15) is 0 Å². The fourth-order valence-electron chi connectivity index (χ4n) is 12.3. The highest BCUT2D eigenvalue weighted by atomic mass is 79.9. The molecule has 0 aliphatic heterocycles. The van der Waals surface area contributed by atoms with E-state index in [0.717, 1.165) is 87.3 Å². The number of quaternary nitrogens is 2. The van der Waals surface area contributed by atoms with E-state index in [9.17, 15) is 0 Å². The topological polar surface area (TPSA) is 92.3 Å². The first-order valence-electron chi connectivity index (χ1n) is 40.7. The molecule has 0 radical (unpaired) electrons. The van der Waals surface area contributed by atoms with Crippen LogP contribution in [0.4, 0.5) is 0 Å². The van der Waals surface area contributed by atoms with E-state index in [4.69, 9.17) is 47.4 Å². The van der Waals surface area contributed by atoms with Crippen molar-refractivity contribution in [2.24, 2.45) is 0 Å². The zero-order chi connectivity index (χ0) is 66.7. The minimum atomic E-state index is 0. The Labute approximate surface area is 608 Å². The van der Waals surface area contributed by atoms with E-state index in [1.54, 1.807) is 0 Å². The van der Waals surface area contributed by atoms with Gasteiger partial charge in [0.2, 0.25) is 0 Å². The van der Waals surface area contributed by atoms with E-state index in [1.807, 2.05) is 0 Å². The maximum Gasteiger partial charge on any atom is 0.130 e. The van der Waals surface area contributed by atoms with Crippen molar-refractivity contribution in [2.75, 3.05) is 173 Å². The lowest BCUT2D eigenvalue weighted by Crippen LogP contribution is -3.00. The summed E-state index contributed by atoms with van der Waals surface area (Å²) in [5, 5.41) is 0. The van der Waals surface area contributed by atoms with E-state index in [-0.39, 0.29) is 46.2 Å². The van der Waals surface area contributed by atoms with Gasteiger partial charge in [0.05, 0.1) is 121 Å². The fraction of sp³-hybridized carbons (Fsp3) is 1.00. The molecule has 0 aromatic rings. The number of unbranched alkanes of at least 4 members (excludes halogenated alkanes) is 44. The maximum atomic E-state index is 6.55. The number of likely N-dealkylation sites (N-methyl/N-ethyl adjacent to an activating group) is 2. The van der Waals surface area contributed by atoms with Gasteiger partial charge in [-0.1, -0.05) is 310 Å². The van der Waals surface area contributed by atoms with Gasteiger partial charge < -0.3 is 90.3 Å². The molecule has 0 amide bonds. The van der Waals surface area contributed by atoms with Crippen LogP contribution < -0.4 is 34.0 Å². The van der Waals surface area contributed by atoms with Crippen LogP contribution in [0.2, 0.25) is 0 Å². The number of hydrogen-bond donors (Lipinski definition) is 0. The Balaban J connectivity index is -0.0000414. The second-order valence-electron chi connectivity index (χ2n) is 29.0. The Kier molecular flexibility index (Phi) is 86.5. The lowest BCUT2D eigenvalue weighted by Gasteiger charge is -2.33. The number of halogens is 2. The first kappa shape index (κ1) is 98.7. The Morgan fingerprint density at radius 3 is 0.564 bits per heavy atom. The Morgan fingerprint density at radius 1 is 0.191 bits per heavy atom. The van der Waals surface area contributed by atoms with Crippen LogP contribution in [0.15, 0.2) is 0 Å². The molecule has 570 valence electrons. The predicted octanol–water partition coefficient (Wildman–Crippen LogP) is 14.9. The van der Waals surface area contributed by atoms with Crippen LogP contribution in [0.3, 0.4) is 0 Å². The van der Waals surface area contributed by atoms with Crippen LogP contribution in [0.1, 0.15) is 336 Å². The third-order valence-corrected chi connectivity index (χ3v) is 18.5. The van der Waals surface area contributed by atoms with Crippen LogP contribution in [0.5, 0.6) is 0 Å². The Morgan fingerprint density at radius 2 is 0.362 bits per heavy atom. The lowest BCUT2D eigenvalue weighted by atomic mass is 10.1. The van der Waals surface area contributed by atoms with E-state index in [1.165, 1.54) is 283 Å². The molecule has 14 heteroatoms. The molecule has 0 spiro atoms. The van der Waals surface area contributed by atoms with E-state index >= 15 is 0 Å². The summed E-state index contributed by atoms with van der Waals surface area (Å²) < 4.78 is 62.5. The summed E-state index contributed by atoms with van der Waals surface area (Å²) in [5.41, 5.74) is 0. The molecule has 12 nitrogen and oxygen atoms in total. The summed E-state index contributed by atoms with van der Waals surface area (Å²) in [6.45, 7) is 24.5. The number of ether oxygens (including phenoxy) is 10. The monoisotopic (exact) mass is 1470 g/mol. The summed E-state index contributed by atoms with van der Waals surface area (Å²) in [6.07, 6.45) is 65.5.